The summed E-state index contributed by atoms with van der Waals surface area (Å²) in [7, 11) is 0. The molecule has 0 unspecified atom stereocenters. The van der Waals surface area contributed by atoms with Crippen LogP contribution >= 0.6 is 0 Å². The first-order chi connectivity index (χ1) is 17.7. The third-order valence-electron chi connectivity index (χ3n) is 7.13. The zero-order valence-electron chi connectivity index (χ0n) is 22.1. The van der Waals surface area contributed by atoms with Crippen LogP contribution in [0, 0.1) is 11.8 Å². The fraction of sp³-hybridized carbons (Fsp3) is 0.531. The summed E-state index contributed by atoms with van der Waals surface area (Å²) in [5.74, 6) is 3.55. The topological polar surface area (TPSA) is 44.8 Å². The second-order valence-corrected chi connectivity index (χ2v) is 10.0. The van der Waals surface area contributed by atoms with Crippen LogP contribution in [0.5, 0.6) is 17.2 Å². The maximum atomic E-state index is 12.5. The number of allylic oxidation sites excluding steroid dienone is 1. The summed E-state index contributed by atoms with van der Waals surface area (Å²) < 4.78 is 17.2. The molecule has 0 atom stereocenters. The number of ether oxygens (including phenoxy) is 3. The molecule has 1 saturated carbocycles. The molecule has 1 fully saturated rings. The lowest BCUT2D eigenvalue weighted by molar-refractivity contribution is 0.0734. The van der Waals surface area contributed by atoms with Gasteiger partial charge in [-0.2, -0.15) is 0 Å². The van der Waals surface area contributed by atoms with Crippen molar-refractivity contribution >= 4 is 5.97 Å². The fourth-order valence-electron chi connectivity index (χ4n) is 4.99. The zero-order chi connectivity index (χ0) is 25.4. The Kier molecular flexibility index (Phi) is 12.4. The van der Waals surface area contributed by atoms with Gasteiger partial charge >= 0.3 is 5.97 Å². The van der Waals surface area contributed by atoms with Gasteiger partial charge in [0.15, 0.2) is 0 Å². The highest BCUT2D eigenvalue weighted by Crippen LogP contribution is 2.33. The van der Waals surface area contributed by atoms with Crippen LogP contribution in [-0.2, 0) is 0 Å². The van der Waals surface area contributed by atoms with E-state index in [1.807, 2.05) is 30.3 Å². The molecule has 2 aromatic rings. The third-order valence-corrected chi connectivity index (χ3v) is 7.13. The Hall–Kier alpha value is -2.75. The summed E-state index contributed by atoms with van der Waals surface area (Å²) in [6, 6.07) is 14.4. The average molecular weight is 493 g/mol. The number of esters is 1. The van der Waals surface area contributed by atoms with E-state index < -0.39 is 0 Å². The fourth-order valence-corrected chi connectivity index (χ4v) is 4.99. The molecule has 0 heterocycles. The minimum atomic E-state index is -0.381. The van der Waals surface area contributed by atoms with Gasteiger partial charge in [-0.1, -0.05) is 51.5 Å². The SMILES string of the molecule is C=CCCCCCOc1ccc(C(=O)Oc2ccc(OCCCC3CCC(CCC)CC3)cc2)cc1. The molecule has 0 bridgehead atoms. The molecular formula is C32H44O4. The molecule has 0 radical (unpaired) electrons. The predicted octanol–water partition coefficient (Wildman–Crippen LogP) is 8.80. The van der Waals surface area contributed by atoms with Crippen molar-refractivity contribution in [1.82, 2.24) is 0 Å². The van der Waals surface area contributed by atoms with E-state index >= 15 is 0 Å². The highest BCUT2D eigenvalue weighted by atomic mass is 16.5. The van der Waals surface area contributed by atoms with Crippen LogP contribution in [0.2, 0.25) is 0 Å². The van der Waals surface area contributed by atoms with E-state index in [0.717, 1.165) is 62.0 Å². The number of carbonyl (C=O) groups is 1. The largest absolute Gasteiger partial charge is 0.494 e. The predicted molar refractivity (Wildman–Crippen MR) is 147 cm³/mol. The molecule has 0 saturated heterocycles. The lowest BCUT2D eigenvalue weighted by atomic mass is 9.78. The summed E-state index contributed by atoms with van der Waals surface area (Å²) in [6.07, 6.45) is 16.9. The monoisotopic (exact) mass is 492 g/mol. The standard InChI is InChI=1S/C32H44O4/c1-3-5-6-7-8-24-34-29-18-16-28(17-19-29)32(33)36-31-22-20-30(21-23-31)35-25-9-11-27-14-12-26(10-4-2)13-15-27/h3,16-23,26-27H,1,4-15,24-25H2,2H3. The van der Waals surface area contributed by atoms with Crippen LogP contribution in [0.4, 0.5) is 0 Å². The Balaban J connectivity index is 1.31. The normalized spacial score (nSPS) is 17.4. The van der Waals surface area contributed by atoms with Crippen molar-refractivity contribution in [2.24, 2.45) is 11.8 Å². The van der Waals surface area contributed by atoms with Gasteiger partial charge in [0.05, 0.1) is 18.8 Å². The Morgan fingerprint density at radius 1 is 0.778 bits per heavy atom. The summed E-state index contributed by atoms with van der Waals surface area (Å²) in [5, 5.41) is 0. The molecule has 0 aromatic heterocycles. The van der Waals surface area contributed by atoms with Crippen molar-refractivity contribution in [1.29, 1.82) is 0 Å². The van der Waals surface area contributed by atoms with Crippen LogP contribution in [0.25, 0.3) is 0 Å². The molecule has 1 aliphatic rings. The molecule has 3 rings (SSSR count). The zero-order valence-corrected chi connectivity index (χ0v) is 22.1. The molecule has 36 heavy (non-hydrogen) atoms. The van der Waals surface area contributed by atoms with Crippen LogP contribution in [-0.4, -0.2) is 19.2 Å². The van der Waals surface area contributed by atoms with Crippen molar-refractivity contribution in [3.05, 3.63) is 66.7 Å². The summed E-state index contributed by atoms with van der Waals surface area (Å²) in [4.78, 5) is 12.5. The first kappa shape index (κ1) is 27.8. The van der Waals surface area contributed by atoms with Gasteiger partial charge in [0.1, 0.15) is 17.2 Å². The van der Waals surface area contributed by atoms with E-state index in [9.17, 15) is 4.79 Å². The smallest absolute Gasteiger partial charge is 0.343 e. The van der Waals surface area contributed by atoms with E-state index in [-0.39, 0.29) is 5.97 Å². The molecule has 1 aliphatic carbocycles. The maximum Gasteiger partial charge on any atom is 0.343 e. The minimum Gasteiger partial charge on any atom is -0.494 e. The lowest BCUT2D eigenvalue weighted by Crippen LogP contribution is -2.15. The van der Waals surface area contributed by atoms with Crippen molar-refractivity contribution in [3.8, 4) is 17.2 Å². The van der Waals surface area contributed by atoms with Gasteiger partial charge in [-0.05, 0) is 98.9 Å². The third kappa shape index (κ3) is 10.1. The highest BCUT2D eigenvalue weighted by molar-refractivity contribution is 5.91. The van der Waals surface area contributed by atoms with Crippen LogP contribution in [0.15, 0.2) is 61.2 Å². The summed E-state index contributed by atoms with van der Waals surface area (Å²) in [5.41, 5.74) is 0.498. The van der Waals surface area contributed by atoms with Gasteiger partial charge < -0.3 is 14.2 Å². The molecule has 0 N–H and O–H groups in total. The van der Waals surface area contributed by atoms with Gasteiger partial charge in [-0.3, -0.25) is 0 Å². The number of carbonyl (C=O) groups excluding carboxylic acids is 1. The molecule has 2 aromatic carbocycles. The number of benzene rings is 2. The molecule has 0 amide bonds. The van der Waals surface area contributed by atoms with E-state index in [0.29, 0.717) is 17.9 Å². The molecule has 0 spiro atoms. The molecule has 0 aliphatic heterocycles. The van der Waals surface area contributed by atoms with Gasteiger partial charge in [-0.15, -0.1) is 6.58 Å². The number of hydrogen-bond acceptors (Lipinski definition) is 4. The van der Waals surface area contributed by atoms with Crippen molar-refractivity contribution in [3.63, 3.8) is 0 Å². The van der Waals surface area contributed by atoms with E-state index in [1.165, 1.54) is 44.9 Å². The Morgan fingerprint density at radius 3 is 1.94 bits per heavy atom. The van der Waals surface area contributed by atoms with Crippen LogP contribution in [0.3, 0.4) is 0 Å². The Labute approximate surface area is 218 Å². The summed E-state index contributed by atoms with van der Waals surface area (Å²) in [6.45, 7) is 7.44. The first-order valence-electron chi connectivity index (χ1n) is 14.0. The van der Waals surface area contributed by atoms with E-state index in [4.69, 9.17) is 14.2 Å². The maximum absolute atomic E-state index is 12.5. The first-order valence-corrected chi connectivity index (χ1v) is 14.0. The Morgan fingerprint density at radius 2 is 1.33 bits per heavy atom. The lowest BCUT2D eigenvalue weighted by Gasteiger charge is -2.28. The number of unbranched alkanes of at least 4 members (excludes halogenated alkanes) is 3. The van der Waals surface area contributed by atoms with Crippen molar-refractivity contribution in [2.45, 2.75) is 84.0 Å². The molecular weight excluding hydrogens is 448 g/mol. The van der Waals surface area contributed by atoms with E-state index in [1.54, 1.807) is 24.3 Å². The summed E-state index contributed by atoms with van der Waals surface area (Å²) >= 11 is 0. The molecule has 4 heteroatoms. The molecule has 4 nitrogen and oxygen atoms in total. The van der Waals surface area contributed by atoms with Crippen LogP contribution in [0.1, 0.15) is 94.3 Å². The van der Waals surface area contributed by atoms with Gasteiger partial charge in [-0.25, -0.2) is 4.79 Å². The average Bonchev–Trinajstić information content (AvgIpc) is 2.91. The van der Waals surface area contributed by atoms with Gasteiger partial charge in [0, 0.05) is 0 Å². The number of rotatable bonds is 16. The Bertz CT molecular complexity index is 879. The van der Waals surface area contributed by atoms with Gasteiger partial charge in [0.2, 0.25) is 0 Å². The minimum absolute atomic E-state index is 0.381. The highest BCUT2D eigenvalue weighted by Gasteiger charge is 2.20. The quantitative estimate of drug-likeness (QED) is 0.102. The van der Waals surface area contributed by atoms with Gasteiger partial charge in [0.25, 0.3) is 0 Å². The van der Waals surface area contributed by atoms with Crippen LogP contribution < -0.4 is 14.2 Å². The number of hydrogen-bond donors (Lipinski definition) is 0. The van der Waals surface area contributed by atoms with Crippen molar-refractivity contribution in [2.75, 3.05) is 13.2 Å². The molecule has 196 valence electrons. The second-order valence-electron chi connectivity index (χ2n) is 10.0. The van der Waals surface area contributed by atoms with Crippen molar-refractivity contribution < 1.29 is 19.0 Å². The second kappa shape index (κ2) is 16.1. The van der Waals surface area contributed by atoms with E-state index in [2.05, 4.69) is 13.5 Å².